The molecule has 0 fully saturated rings. The van der Waals surface area contributed by atoms with Gasteiger partial charge in [0.2, 0.25) is 0 Å². The zero-order chi connectivity index (χ0) is 25.7. The highest BCUT2D eigenvalue weighted by Gasteiger charge is 2.31. The third kappa shape index (κ3) is 3.73. The van der Waals surface area contributed by atoms with Crippen LogP contribution in [-0.2, 0) is 17.9 Å². The van der Waals surface area contributed by atoms with Crippen molar-refractivity contribution >= 4 is 22.6 Å². The van der Waals surface area contributed by atoms with Gasteiger partial charge < -0.3 is 19.2 Å². The number of aryl methyl sites for hydroxylation is 2. The van der Waals surface area contributed by atoms with E-state index < -0.39 is 11.7 Å². The van der Waals surface area contributed by atoms with Crippen LogP contribution in [0.3, 0.4) is 0 Å². The maximum atomic E-state index is 13.5. The molecule has 12 nitrogen and oxygen atoms in total. The monoisotopic (exact) mass is 497 g/mol. The van der Waals surface area contributed by atoms with Crippen molar-refractivity contribution in [3.05, 3.63) is 65.8 Å². The van der Waals surface area contributed by atoms with Crippen LogP contribution in [0.25, 0.3) is 28.1 Å². The standard InChI is InChI=1S/C25H23N9O3/c1-14-5-4-6-16(9-14)23-30-29-19-12-32(7-8-33(19)23)25(36)22(35)17-10-26-21-20(17)18(37-3)11-27-24(21)34-13-28-15(2)31-34/h4-6,9-11,13,26H,7-8,12H2,1-3H3. The number of H-pyrrole nitrogens is 1. The summed E-state index contributed by atoms with van der Waals surface area (Å²) in [5.74, 6) is 1.50. The number of rotatable bonds is 5. The number of ether oxygens (including phenoxy) is 1. The Morgan fingerprint density at radius 3 is 2.73 bits per heavy atom. The Kier molecular flexibility index (Phi) is 5.29. The van der Waals surface area contributed by atoms with Gasteiger partial charge in [-0.25, -0.2) is 14.6 Å². The first-order chi connectivity index (χ1) is 17.9. The first-order valence-electron chi connectivity index (χ1n) is 11.7. The van der Waals surface area contributed by atoms with Crippen LogP contribution in [0, 0.1) is 13.8 Å². The molecular weight excluding hydrogens is 474 g/mol. The van der Waals surface area contributed by atoms with Crippen molar-refractivity contribution in [1.82, 2.24) is 44.4 Å². The van der Waals surface area contributed by atoms with E-state index in [1.54, 1.807) is 6.92 Å². The van der Waals surface area contributed by atoms with Crippen LogP contribution in [0.5, 0.6) is 5.75 Å². The first-order valence-corrected chi connectivity index (χ1v) is 11.7. The average Bonchev–Trinajstić information content (AvgIpc) is 3.65. The summed E-state index contributed by atoms with van der Waals surface area (Å²) in [4.78, 5) is 39.9. The third-order valence-corrected chi connectivity index (χ3v) is 6.45. The lowest BCUT2D eigenvalue weighted by molar-refractivity contribution is -0.127. The average molecular weight is 498 g/mol. The summed E-state index contributed by atoms with van der Waals surface area (Å²) >= 11 is 0. The Morgan fingerprint density at radius 1 is 1.11 bits per heavy atom. The number of carbonyl (C=O) groups is 2. The lowest BCUT2D eigenvalue weighted by atomic mass is 10.1. The van der Waals surface area contributed by atoms with E-state index in [1.165, 1.54) is 35.4 Å². The van der Waals surface area contributed by atoms with E-state index in [0.29, 0.717) is 47.2 Å². The summed E-state index contributed by atoms with van der Waals surface area (Å²) < 4.78 is 8.97. The van der Waals surface area contributed by atoms with Gasteiger partial charge in [-0.15, -0.1) is 10.2 Å². The Labute approximate surface area is 210 Å². The van der Waals surface area contributed by atoms with E-state index in [9.17, 15) is 9.59 Å². The van der Waals surface area contributed by atoms with Gasteiger partial charge >= 0.3 is 0 Å². The van der Waals surface area contributed by atoms with Crippen molar-refractivity contribution < 1.29 is 14.3 Å². The summed E-state index contributed by atoms with van der Waals surface area (Å²) in [7, 11) is 1.49. The molecule has 12 heteroatoms. The van der Waals surface area contributed by atoms with Gasteiger partial charge in [-0.05, 0) is 19.9 Å². The Hall–Kier alpha value is -4.87. The molecule has 1 aliphatic heterocycles. The highest BCUT2D eigenvalue weighted by atomic mass is 16.5. The number of amides is 1. The molecule has 0 bridgehead atoms. The van der Waals surface area contributed by atoms with Gasteiger partial charge in [0, 0.05) is 24.8 Å². The predicted molar refractivity (Wildman–Crippen MR) is 132 cm³/mol. The molecule has 1 aromatic carbocycles. The lowest BCUT2D eigenvalue weighted by Gasteiger charge is -2.27. The molecule has 5 heterocycles. The minimum absolute atomic E-state index is 0.188. The van der Waals surface area contributed by atoms with Crippen LogP contribution in [0.4, 0.5) is 0 Å². The van der Waals surface area contributed by atoms with Crippen molar-refractivity contribution in [3.8, 4) is 23.0 Å². The minimum atomic E-state index is -0.650. The second-order valence-electron chi connectivity index (χ2n) is 8.86. The topological polar surface area (TPSA) is 137 Å². The number of Topliss-reactive ketones (excluding diaryl/α,β-unsaturated/α-hetero) is 1. The highest BCUT2D eigenvalue weighted by molar-refractivity contribution is 6.45. The van der Waals surface area contributed by atoms with E-state index >= 15 is 0 Å². The van der Waals surface area contributed by atoms with Crippen molar-refractivity contribution in [2.75, 3.05) is 13.7 Å². The number of benzene rings is 1. The van der Waals surface area contributed by atoms with E-state index in [0.717, 1.165) is 17.0 Å². The molecular formula is C25H23N9O3. The van der Waals surface area contributed by atoms with Gasteiger partial charge in [0.05, 0.1) is 36.3 Å². The van der Waals surface area contributed by atoms with Crippen LogP contribution < -0.4 is 4.74 Å². The highest BCUT2D eigenvalue weighted by Crippen LogP contribution is 2.32. The predicted octanol–water partition coefficient (Wildman–Crippen LogP) is 2.25. The minimum Gasteiger partial charge on any atom is -0.494 e. The molecule has 1 amide bonds. The third-order valence-electron chi connectivity index (χ3n) is 6.45. The van der Waals surface area contributed by atoms with Crippen molar-refractivity contribution in [3.63, 3.8) is 0 Å². The number of fused-ring (bicyclic) bond motifs is 2. The Morgan fingerprint density at radius 2 is 1.97 bits per heavy atom. The molecule has 0 unspecified atom stereocenters. The molecule has 0 saturated carbocycles. The zero-order valence-corrected chi connectivity index (χ0v) is 20.5. The van der Waals surface area contributed by atoms with Crippen LogP contribution >= 0.6 is 0 Å². The van der Waals surface area contributed by atoms with Crippen LogP contribution in [0.2, 0.25) is 0 Å². The van der Waals surface area contributed by atoms with Crippen LogP contribution in [0.1, 0.15) is 27.6 Å². The Balaban J connectivity index is 1.30. The summed E-state index contributed by atoms with van der Waals surface area (Å²) in [6.45, 7) is 4.83. The largest absolute Gasteiger partial charge is 0.494 e. The van der Waals surface area contributed by atoms with Gasteiger partial charge in [0.1, 0.15) is 17.9 Å². The fourth-order valence-electron chi connectivity index (χ4n) is 4.65. The number of carbonyl (C=O) groups excluding carboxylic acids is 2. The second kappa shape index (κ2) is 8.66. The SMILES string of the molecule is COc1cnc(-n2cnc(C)n2)c2[nH]cc(C(=O)C(=O)N3CCn4c(nnc4-c4cccc(C)c4)C3)c12. The smallest absolute Gasteiger partial charge is 0.295 e. The second-order valence-corrected chi connectivity index (χ2v) is 8.86. The number of pyridine rings is 1. The van der Waals surface area contributed by atoms with Gasteiger partial charge in [0.25, 0.3) is 11.7 Å². The molecule has 0 aliphatic carbocycles. The van der Waals surface area contributed by atoms with Gasteiger partial charge in [-0.1, -0.05) is 23.8 Å². The molecule has 1 N–H and O–H groups in total. The normalized spacial score (nSPS) is 13.1. The van der Waals surface area contributed by atoms with Gasteiger partial charge in [0.15, 0.2) is 17.5 Å². The fourth-order valence-corrected chi connectivity index (χ4v) is 4.65. The summed E-state index contributed by atoms with van der Waals surface area (Å²) in [5.41, 5.74) is 2.80. The molecule has 0 atom stereocenters. The summed E-state index contributed by atoms with van der Waals surface area (Å²) in [6, 6.07) is 8.03. The fraction of sp³-hybridized carbons (Fsp3) is 0.240. The maximum Gasteiger partial charge on any atom is 0.295 e. The lowest BCUT2D eigenvalue weighted by Crippen LogP contribution is -2.42. The van der Waals surface area contributed by atoms with Crippen molar-refractivity contribution in [2.45, 2.75) is 26.9 Å². The molecule has 37 heavy (non-hydrogen) atoms. The molecule has 1 aliphatic rings. The van der Waals surface area contributed by atoms with E-state index in [1.807, 2.05) is 35.8 Å². The quantitative estimate of drug-likeness (QED) is 0.288. The maximum absolute atomic E-state index is 13.5. The van der Waals surface area contributed by atoms with Gasteiger partial charge in [-0.3, -0.25) is 9.59 Å². The van der Waals surface area contributed by atoms with Crippen LogP contribution in [0.15, 0.2) is 43.0 Å². The van der Waals surface area contributed by atoms with Gasteiger partial charge in [-0.2, -0.15) is 5.10 Å². The van der Waals surface area contributed by atoms with Crippen molar-refractivity contribution in [1.29, 1.82) is 0 Å². The molecule has 5 aromatic rings. The molecule has 4 aromatic heterocycles. The molecule has 186 valence electrons. The number of nitrogens with one attached hydrogen (secondary N) is 1. The number of nitrogens with zero attached hydrogens (tertiary/aromatic N) is 8. The van der Waals surface area contributed by atoms with E-state index in [4.69, 9.17) is 4.74 Å². The number of ketones is 1. The molecule has 0 radical (unpaired) electrons. The number of hydrogen-bond acceptors (Lipinski definition) is 8. The Bertz CT molecular complexity index is 1680. The zero-order valence-electron chi connectivity index (χ0n) is 20.5. The van der Waals surface area contributed by atoms with E-state index in [-0.39, 0.29) is 12.1 Å². The summed E-state index contributed by atoms with van der Waals surface area (Å²) in [5, 5.41) is 13.4. The number of methoxy groups -OCH3 is 1. The number of aromatic amines is 1. The van der Waals surface area contributed by atoms with Crippen LogP contribution in [-0.4, -0.2) is 69.7 Å². The summed E-state index contributed by atoms with van der Waals surface area (Å²) in [6.07, 6.45) is 4.54. The number of aromatic nitrogens is 8. The molecule has 0 saturated heterocycles. The molecule has 6 rings (SSSR count). The molecule has 0 spiro atoms. The number of hydrogen-bond donors (Lipinski definition) is 1. The van der Waals surface area contributed by atoms with E-state index in [2.05, 4.69) is 30.2 Å². The first kappa shape index (κ1) is 22.6. The van der Waals surface area contributed by atoms with Crippen molar-refractivity contribution in [2.24, 2.45) is 0 Å².